The molecule has 4 nitrogen and oxygen atoms in total. The predicted molar refractivity (Wildman–Crippen MR) is 67.5 cm³/mol. The summed E-state index contributed by atoms with van der Waals surface area (Å²) in [6.45, 7) is 1.78. The predicted octanol–water partition coefficient (Wildman–Crippen LogP) is 2.33. The van der Waals surface area contributed by atoms with Crippen LogP contribution in [0.5, 0.6) is 0 Å². The molecule has 1 aromatic rings. The van der Waals surface area contributed by atoms with E-state index in [1.165, 1.54) is 6.26 Å². The van der Waals surface area contributed by atoms with E-state index in [9.17, 15) is 4.21 Å². The molecule has 0 saturated heterocycles. The number of nitriles is 1. The Morgan fingerprint density at radius 1 is 1.67 bits per heavy atom. The van der Waals surface area contributed by atoms with Gasteiger partial charge in [-0.1, -0.05) is 6.07 Å². The highest BCUT2D eigenvalue weighted by Gasteiger charge is 2.16. The number of hydrogen-bond donors (Lipinski definition) is 0. The van der Waals surface area contributed by atoms with Crippen molar-refractivity contribution in [2.24, 2.45) is 4.36 Å². The van der Waals surface area contributed by atoms with E-state index in [4.69, 9.17) is 5.26 Å². The Bertz CT molecular complexity index is 497. The SMILES string of the molecule is CC(c1ccc(I)nc1)S(C)(=O)=NC#N. The highest BCUT2D eigenvalue weighted by molar-refractivity contribution is 14.1. The monoisotopic (exact) mass is 335 g/mol. The topological polar surface area (TPSA) is 66.1 Å². The molecule has 80 valence electrons. The number of halogens is 1. The number of nitrogens with zero attached hydrogens (tertiary/aromatic N) is 3. The van der Waals surface area contributed by atoms with Gasteiger partial charge in [0.2, 0.25) is 6.19 Å². The molecule has 0 saturated carbocycles. The maximum absolute atomic E-state index is 12.0. The van der Waals surface area contributed by atoms with Gasteiger partial charge >= 0.3 is 0 Å². The van der Waals surface area contributed by atoms with E-state index in [0.717, 1.165) is 9.26 Å². The molecule has 0 N–H and O–H groups in total. The van der Waals surface area contributed by atoms with E-state index >= 15 is 0 Å². The van der Waals surface area contributed by atoms with Gasteiger partial charge in [0, 0.05) is 12.5 Å². The molecule has 0 bridgehead atoms. The minimum Gasteiger partial charge on any atom is -0.250 e. The third kappa shape index (κ3) is 3.14. The molecule has 0 aliphatic rings. The van der Waals surface area contributed by atoms with Crippen molar-refractivity contribution in [1.29, 1.82) is 5.26 Å². The van der Waals surface area contributed by atoms with Gasteiger partial charge in [0.05, 0.1) is 15.0 Å². The lowest BCUT2D eigenvalue weighted by molar-refractivity contribution is 0.673. The van der Waals surface area contributed by atoms with Crippen LogP contribution in [0.1, 0.15) is 17.7 Å². The Morgan fingerprint density at radius 2 is 2.33 bits per heavy atom. The van der Waals surface area contributed by atoms with Crippen molar-refractivity contribution in [3.05, 3.63) is 27.6 Å². The lowest BCUT2D eigenvalue weighted by Gasteiger charge is -2.11. The first kappa shape index (κ1) is 12.4. The van der Waals surface area contributed by atoms with Gasteiger partial charge in [0.25, 0.3) is 0 Å². The highest BCUT2D eigenvalue weighted by Crippen LogP contribution is 2.22. The fraction of sp³-hybridized carbons (Fsp3) is 0.333. The third-order valence-electron chi connectivity index (χ3n) is 2.10. The van der Waals surface area contributed by atoms with Gasteiger partial charge in [-0.25, -0.2) is 4.21 Å². The molecule has 6 heteroatoms. The van der Waals surface area contributed by atoms with E-state index in [1.54, 1.807) is 19.3 Å². The molecular weight excluding hydrogens is 325 g/mol. The maximum Gasteiger partial charge on any atom is 0.214 e. The van der Waals surface area contributed by atoms with Crippen molar-refractivity contribution >= 4 is 32.3 Å². The van der Waals surface area contributed by atoms with E-state index in [2.05, 4.69) is 31.9 Å². The van der Waals surface area contributed by atoms with Crippen molar-refractivity contribution in [2.75, 3.05) is 6.26 Å². The van der Waals surface area contributed by atoms with Crippen LogP contribution < -0.4 is 0 Å². The summed E-state index contributed by atoms with van der Waals surface area (Å²) in [5, 5.41) is 8.14. The Hall–Kier alpha value is -0.680. The second kappa shape index (κ2) is 4.90. The molecule has 0 fully saturated rings. The molecule has 0 aliphatic carbocycles. The molecule has 0 radical (unpaired) electrons. The van der Waals surface area contributed by atoms with Gasteiger partial charge in [-0.3, -0.25) is 4.98 Å². The number of pyridine rings is 1. The average molecular weight is 335 g/mol. The van der Waals surface area contributed by atoms with Gasteiger partial charge in [-0.2, -0.15) is 5.26 Å². The Labute approximate surface area is 103 Å². The summed E-state index contributed by atoms with van der Waals surface area (Å²) < 4.78 is 16.3. The molecule has 1 rings (SSSR count). The van der Waals surface area contributed by atoms with Crippen LogP contribution >= 0.6 is 22.6 Å². The van der Waals surface area contributed by atoms with E-state index in [0.29, 0.717) is 0 Å². The van der Waals surface area contributed by atoms with Crippen LogP contribution in [-0.2, 0) is 9.73 Å². The van der Waals surface area contributed by atoms with Crippen molar-refractivity contribution < 1.29 is 4.21 Å². The minimum atomic E-state index is -2.50. The van der Waals surface area contributed by atoms with Crippen LogP contribution in [0.2, 0.25) is 0 Å². The second-order valence-corrected chi connectivity index (χ2v) is 6.83. The van der Waals surface area contributed by atoms with Crippen molar-refractivity contribution in [3.63, 3.8) is 0 Å². The fourth-order valence-electron chi connectivity index (χ4n) is 1.04. The summed E-state index contributed by atoms with van der Waals surface area (Å²) in [4.78, 5) is 4.11. The Balaban J connectivity index is 3.12. The largest absolute Gasteiger partial charge is 0.250 e. The first-order valence-electron chi connectivity index (χ1n) is 4.18. The van der Waals surface area contributed by atoms with Crippen molar-refractivity contribution in [2.45, 2.75) is 12.2 Å². The van der Waals surface area contributed by atoms with Crippen molar-refractivity contribution in [3.8, 4) is 6.19 Å². The molecule has 2 atom stereocenters. The highest BCUT2D eigenvalue weighted by atomic mass is 127. The Morgan fingerprint density at radius 3 is 2.80 bits per heavy atom. The normalized spacial score (nSPS) is 16.1. The molecule has 0 amide bonds. The van der Waals surface area contributed by atoms with Gasteiger partial charge in [0.15, 0.2) is 0 Å². The minimum absolute atomic E-state index is 0.290. The van der Waals surface area contributed by atoms with Crippen LogP contribution in [-0.4, -0.2) is 15.4 Å². The molecule has 1 heterocycles. The second-order valence-electron chi connectivity index (χ2n) is 3.11. The molecule has 0 spiro atoms. The fourth-order valence-corrected chi connectivity index (χ4v) is 2.32. The van der Waals surface area contributed by atoms with Gasteiger partial charge in [-0.15, -0.1) is 4.36 Å². The third-order valence-corrected chi connectivity index (χ3v) is 4.76. The zero-order chi connectivity index (χ0) is 11.5. The molecule has 0 aromatic carbocycles. The van der Waals surface area contributed by atoms with Gasteiger partial charge in [-0.05, 0) is 41.1 Å². The summed E-state index contributed by atoms with van der Waals surface area (Å²) in [7, 11) is -2.50. The summed E-state index contributed by atoms with van der Waals surface area (Å²) in [5.41, 5.74) is 0.835. The lowest BCUT2D eigenvalue weighted by Crippen LogP contribution is -2.07. The van der Waals surface area contributed by atoms with Gasteiger partial charge in [0.1, 0.15) is 3.70 Å². The first-order valence-corrected chi connectivity index (χ1v) is 7.24. The number of rotatable bonds is 2. The molecule has 0 aliphatic heterocycles. The summed E-state index contributed by atoms with van der Waals surface area (Å²) in [5.74, 6) is 0. The zero-order valence-corrected chi connectivity index (χ0v) is 11.3. The maximum atomic E-state index is 12.0. The van der Waals surface area contributed by atoms with Crippen LogP contribution in [0.3, 0.4) is 0 Å². The van der Waals surface area contributed by atoms with Gasteiger partial charge < -0.3 is 0 Å². The standard InChI is InChI=1S/C9H10IN3OS/c1-7(15(2,14)13-6-11)8-3-4-9(10)12-5-8/h3-5,7H,1-2H3. The molecular formula is C9H10IN3OS. The number of aromatic nitrogens is 1. The summed E-state index contributed by atoms with van der Waals surface area (Å²) in [6.07, 6.45) is 4.75. The lowest BCUT2D eigenvalue weighted by atomic mass is 10.2. The molecule has 1 aromatic heterocycles. The van der Waals surface area contributed by atoms with Crippen LogP contribution in [0, 0.1) is 15.2 Å². The Kier molecular flexibility index (Phi) is 4.04. The van der Waals surface area contributed by atoms with E-state index in [-0.39, 0.29) is 5.25 Å². The van der Waals surface area contributed by atoms with Crippen molar-refractivity contribution in [1.82, 2.24) is 4.98 Å². The smallest absolute Gasteiger partial charge is 0.214 e. The first-order chi connectivity index (χ1) is 6.97. The quantitative estimate of drug-likeness (QED) is 0.473. The summed E-state index contributed by atoms with van der Waals surface area (Å²) in [6, 6.07) is 3.70. The molecule has 15 heavy (non-hydrogen) atoms. The molecule has 2 unspecified atom stereocenters. The van der Waals surface area contributed by atoms with Crippen LogP contribution in [0.15, 0.2) is 22.7 Å². The summed E-state index contributed by atoms with van der Waals surface area (Å²) >= 11 is 2.10. The van der Waals surface area contributed by atoms with E-state index < -0.39 is 9.73 Å². The zero-order valence-electron chi connectivity index (χ0n) is 8.35. The van der Waals surface area contributed by atoms with E-state index in [1.807, 2.05) is 12.1 Å². The van der Waals surface area contributed by atoms with Crippen LogP contribution in [0.25, 0.3) is 0 Å². The average Bonchev–Trinajstić information content (AvgIpc) is 2.18. The number of hydrogen-bond acceptors (Lipinski definition) is 4. The van der Waals surface area contributed by atoms with Crippen LogP contribution in [0.4, 0.5) is 0 Å².